The molecule has 0 spiro atoms. The number of carbonyl (C=O) groups is 1. The molecular formula is C29H43N3O2. The number of nitrogens with one attached hydrogen (secondary N) is 2. The van der Waals surface area contributed by atoms with E-state index in [4.69, 9.17) is 0 Å². The lowest BCUT2D eigenvalue weighted by Crippen LogP contribution is -2.47. The monoisotopic (exact) mass is 465 g/mol. The molecule has 1 aliphatic heterocycles. The Hall–Kier alpha value is -2.37. The zero-order chi connectivity index (χ0) is 24.4. The molecular weight excluding hydrogens is 422 g/mol. The third-order valence-corrected chi connectivity index (χ3v) is 7.76. The van der Waals surface area contributed by atoms with Crippen molar-refractivity contribution in [3.63, 3.8) is 0 Å². The number of phenolic OH excluding ortho intramolecular Hbond substituents is 1. The molecule has 0 radical (unpaired) electrons. The zero-order valence-corrected chi connectivity index (χ0v) is 21.2. The summed E-state index contributed by atoms with van der Waals surface area (Å²) >= 11 is 0. The van der Waals surface area contributed by atoms with Crippen molar-refractivity contribution < 1.29 is 9.90 Å². The number of phenols is 1. The van der Waals surface area contributed by atoms with E-state index in [-0.39, 0.29) is 11.3 Å². The number of rotatable bonds is 12. The molecule has 0 aliphatic carbocycles. The Morgan fingerprint density at radius 2 is 2.00 bits per heavy atom. The maximum atomic E-state index is 11.5. The predicted molar refractivity (Wildman–Crippen MR) is 140 cm³/mol. The Morgan fingerprint density at radius 3 is 2.71 bits per heavy atom. The van der Waals surface area contributed by atoms with Gasteiger partial charge in [0.05, 0.1) is 0 Å². The SMILES string of the molecule is CNC(=O)CCCNCC(CCN1CCC(C)(c2cccc(O)c2)C(C)C1)Cc1ccccc1. The predicted octanol–water partition coefficient (Wildman–Crippen LogP) is 4.36. The van der Waals surface area contributed by atoms with E-state index in [1.807, 2.05) is 12.1 Å². The van der Waals surface area contributed by atoms with Gasteiger partial charge in [-0.25, -0.2) is 0 Å². The van der Waals surface area contributed by atoms with Gasteiger partial charge in [0.2, 0.25) is 5.91 Å². The number of amides is 1. The molecule has 0 aromatic heterocycles. The van der Waals surface area contributed by atoms with E-state index in [1.54, 1.807) is 13.1 Å². The van der Waals surface area contributed by atoms with Crippen LogP contribution in [0.3, 0.4) is 0 Å². The van der Waals surface area contributed by atoms with E-state index in [9.17, 15) is 9.90 Å². The van der Waals surface area contributed by atoms with Crippen LogP contribution in [0.1, 0.15) is 50.7 Å². The molecule has 5 heteroatoms. The summed E-state index contributed by atoms with van der Waals surface area (Å²) in [7, 11) is 1.69. The van der Waals surface area contributed by atoms with Crippen LogP contribution in [0.2, 0.25) is 0 Å². The Bertz CT molecular complexity index is 888. The van der Waals surface area contributed by atoms with Gasteiger partial charge in [0.15, 0.2) is 0 Å². The molecule has 0 bridgehead atoms. The molecule has 2 aromatic rings. The molecule has 3 N–H and O–H groups in total. The van der Waals surface area contributed by atoms with E-state index in [2.05, 4.69) is 65.8 Å². The first kappa shape index (κ1) is 26.2. The van der Waals surface area contributed by atoms with Crippen LogP contribution in [0.15, 0.2) is 54.6 Å². The molecule has 3 atom stereocenters. The second-order valence-electron chi connectivity index (χ2n) is 10.2. The fourth-order valence-corrected chi connectivity index (χ4v) is 5.20. The van der Waals surface area contributed by atoms with Crippen molar-refractivity contribution in [1.29, 1.82) is 0 Å². The molecule has 34 heavy (non-hydrogen) atoms. The van der Waals surface area contributed by atoms with Gasteiger partial charge in [0, 0.05) is 20.0 Å². The average Bonchev–Trinajstić information content (AvgIpc) is 2.84. The van der Waals surface area contributed by atoms with Crippen LogP contribution in [0, 0.1) is 11.8 Å². The highest BCUT2D eigenvalue weighted by Crippen LogP contribution is 2.40. The van der Waals surface area contributed by atoms with E-state index >= 15 is 0 Å². The standard InChI is InChI=1S/C29H43N3O2/c1-23-22-32(18-15-29(23,2)26-11-7-12-27(33)20-26)17-14-25(19-24-9-5-4-6-10-24)21-31-16-8-13-28(34)30-3/h4-7,9-12,20,23,25,31,33H,8,13-19,21-22H2,1-3H3,(H,30,34). The molecule has 1 aliphatic rings. The van der Waals surface area contributed by atoms with Crippen LogP contribution in [0.4, 0.5) is 0 Å². The summed E-state index contributed by atoms with van der Waals surface area (Å²) in [5.74, 6) is 1.56. The Morgan fingerprint density at radius 1 is 1.21 bits per heavy atom. The number of carbonyl (C=O) groups excluding carboxylic acids is 1. The molecule has 2 aromatic carbocycles. The fourth-order valence-electron chi connectivity index (χ4n) is 5.20. The minimum atomic E-state index is 0.102. The van der Waals surface area contributed by atoms with Gasteiger partial charge in [-0.2, -0.15) is 0 Å². The van der Waals surface area contributed by atoms with Crippen molar-refractivity contribution in [2.45, 2.75) is 51.4 Å². The average molecular weight is 466 g/mol. The number of hydrogen-bond donors (Lipinski definition) is 3. The summed E-state index contributed by atoms with van der Waals surface area (Å²) in [6.45, 7) is 9.85. The van der Waals surface area contributed by atoms with Crippen molar-refractivity contribution in [2.24, 2.45) is 11.8 Å². The summed E-state index contributed by atoms with van der Waals surface area (Å²) in [4.78, 5) is 14.1. The zero-order valence-electron chi connectivity index (χ0n) is 21.2. The van der Waals surface area contributed by atoms with Gasteiger partial charge in [0.1, 0.15) is 5.75 Å². The lowest BCUT2D eigenvalue weighted by atomic mass is 9.68. The Balaban J connectivity index is 1.52. The number of likely N-dealkylation sites (tertiary alicyclic amines) is 1. The highest BCUT2D eigenvalue weighted by atomic mass is 16.3. The van der Waals surface area contributed by atoms with E-state index in [0.29, 0.717) is 24.0 Å². The number of benzene rings is 2. The minimum absolute atomic E-state index is 0.102. The first-order chi connectivity index (χ1) is 16.4. The van der Waals surface area contributed by atoms with Gasteiger partial charge >= 0.3 is 0 Å². The van der Waals surface area contributed by atoms with Crippen molar-refractivity contribution in [3.8, 4) is 5.75 Å². The van der Waals surface area contributed by atoms with Crippen LogP contribution in [-0.4, -0.2) is 55.7 Å². The summed E-state index contributed by atoms with van der Waals surface area (Å²) in [6.07, 6.45) is 4.80. The molecule has 3 unspecified atom stereocenters. The van der Waals surface area contributed by atoms with Crippen LogP contribution in [0.5, 0.6) is 5.75 Å². The summed E-state index contributed by atoms with van der Waals surface area (Å²) in [5.41, 5.74) is 2.75. The lowest BCUT2D eigenvalue weighted by molar-refractivity contribution is -0.120. The van der Waals surface area contributed by atoms with Crippen molar-refractivity contribution in [3.05, 3.63) is 65.7 Å². The maximum absolute atomic E-state index is 11.5. The molecule has 186 valence electrons. The molecule has 0 saturated carbocycles. The molecule has 1 heterocycles. The molecule has 1 fully saturated rings. The van der Waals surface area contributed by atoms with Crippen LogP contribution >= 0.6 is 0 Å². The fraction of sp³-hybridized carbons (Fsp3) is 0.552. The lowest BCUT2D eigenvalue weighted by Gasteiger charge is -2.45. The number of aromatic hydroxyl groups is 1. The van der Waals surface area contributed by atoms with Crippen molar-refractivity contribution >= 4 is 5.91 Å². The summed E-state index contributed by atoms with van der Waals surface area (Å²) in [6, 6.07) is 18.6. The molecule has 5 nitrogen and oxygen atoms in total. The van der Waals surface area contributed by atoms with E-state index in [1.165, 1.54) is 11.1 Å². The van der Waals surface area contributed by atoms with Crippen LogP contribution in [0.25, 0.3) is 0 Å². The molecule has 1 amide bonds. The quantitative estimate of drug-likeness (QED) is 0.408. The van der Waals surface area contributed by atoms with Crippen LogP contribution in [-0.2, 0) is 16.6 Å². The van der Waals surface area contributed by atoms with Gasteiger partial charge < -0.3 is 20.6 Å². The first-order valence-corrected chi connectivity index (χ1v) is 12.9. The van der Waals surface area contributed by atoms with Gasteiger partial charge in [-0.15, -0.1) is 0 Å². The Kier molecular flexibility index (Phi) is 9.97. The normalized spacial score (nSPS) is 21.8. The molecule has 3 rings (SSSR count). The van der Waals surface area contributed by atoms with Gasteiger partial charge in [0.25, 0.3) is 0 Å². The summed E-state index contributed by atoms with van der Waals surface area (Å²) < 4.78 is 0. The van der Waals surface area contributed by atoms with E-state index in [0.717, 1.165) is 58.4 Å². The van der Waals surface area contributed by atoms with Gasteiger partial charge in [-0.05, 0) is 92.4 Å². The Labute approximate surface area is 206 Å². The highest BCUT2D eigenvalue weighted by molar-refractivity contribution is 5.75. The molecule has 1 saturated heterocycles. The third-order valence-electron chi connectivity index (χ3n) is 7.76. The van der Waals surface area contributed by atoms with Crippen molar-refractivity contribution in [1.82, 2.24) is 15.5 Å². The second kappa shape index (κ2) is 12.9. The van der Waals surface area contributed by atoms with E-state index < -0.39 is 0 Å². The topological polar surface area (TPSA) is 64.6 Å². The van der Waals surface area contributed by atoms with Crippen molar-refractivity contribution in [2.75, 3.05) is 39.8 Å². The third kappa shape index (κ3) is 7.57. The number of hydrogen-bond acceptors (Lipinski definition) is 4. The second-order valence-corrected chi connectivity index (χ2v) is 10.2. The van der Waals surface area contributed by atoms with Gasteiger partial charge in [-0.1, -0.05) is 56.3 Å². The minimum Gasteiger partial charge on any atom is -0.508 e. The first-order valence-electron chi connectivity index (χ1n) is 12.9. The summed E-state index contributed by atoms with van der Waals surface area (Å²) in [5, 5.41) is 16.3. The van der Waals surface area contributed by atoms with Crippen LogP contribution < -0.4 is 10.6 Å². The van der Waals surface area contributed by atoms with Gasteiger partial charge in [-0.3, -0.25) is 4.79 Å². The number of nitrogens with zero attached hydrogens (tertiary/aromatic N) is 1. The smallest absolute Gasteiger partial charge is 0.219 e. The highest BCUT2D eigenvalue weighted by Gasteiger charge is 2.38. The number of piperidine rings is 1. The maximum Gasteiger partial charge on any atom is 0.219 e. The largest absolute Gasteiger partial charge is 0.508 e.